The van der Waals surface area contributed by atoms with E-state index in [9.17, 15) is 14.2 Å². The van der Waals surface area contributed by atoms with Gasteiger partial charge in [0.25, 0.3) is 0 Å². The molecular formula is C17H32N3O7P. The summed E-state index contributed by atoms with van der Waals surface area (Å²) >= 11 is 0. The molecule has 11 heteroatoms. The van der Waals surface area contributed by atoms with Gasteiger partial charge in [-0.1, -0.05) is 19.6 Å². The van der Waals surface area contributed by atoms with Crippen LogP contribution in [0.25, 0.3) is 0 Å². The lowest BCUT2D eigenvalue weighted by molar-refractivity contribution is -0.137. The molecule has 0 aliphatic rings. The minimum absolute atomic E-state index is 0.0287. The largest absolute Gasteiger partial charge is 0.479 e. The molecule has 0 aliphatic heterocycles. The Morgan fingerprint density at radius 1 is 1.29 bits per heavy atom. The number of alkyl carbamates (subject to hydrolysis) is 1. The average Bonchev–Trinajstić information content (AvgIpc) is 2.57. The Labute approximate surface area is 165 Å². The second kappa shape index (κ2) is 13.3. The maximum atomic E-state index is 11.6. The lowest BCUT2D eigenvalue weighted by atomic mass is 10.1. The predicted octanol–water partition coefficient (Wildman–Crippen LogP) is 1.47. The van der Waals surface area contributed by atoms with Crippen LogP contribution in [0, 0.1) is 0 Å². The first-order valence-corrected chi connectivity index (χ1v) is 10.7. The molecule has 1 amide bonds. The number of allylic oxidation sites excluding steroid dienone is 2. The van der Waals surface area contributed by atoms with Gasteiger partial charge in [0.2, 0.25) is 5.78 Å². The highest BCUT2D eigenvalue weighted by molar-refractivity contribution is 7.53. The average molecular weight is 421 g/mol. The van der Waals surface area contributed by atoms with E-state index in [4.69, 9.17) is 19.6 Å². The van der Waals surface area contributed by atoms with Crippen molar-refractivity contribution in [3.8, 4) is 0 Å². The van der Waals surface area contributed by atoms with E-state index < -0.39 is 25.4 Å². The number of carbonyl (C=O) groups is 2. The second-order valence-electron chi connectivity index (χ2n) is 6.26. The number of ether oxygens (including phenoxy) is 1. The molecule has 5 N–H and O–H groups in total. The molecule has 0 aromatic rings. The fourth-order valence-corrected chi connectivity index (χ4v) is 2.96. The van der Waals surface area contributed by atoms with Gasteiger partial charge in [-0.05, 0) is 45.9 Å². The van der Waals surface area contributed by atoms with E-state index in [1.807, 2.05) is 26.0 Å². The molecule has 0 saturated carbocycles. The summed E-state index contributed by atoms with van der Waals surface area (Å²) < 4.78 is 15.9. The maximum absolute atomic E-state index is 11.6. The number of hydrogen-bond donors (Lipinski definition) is 5. The normalized spacial score (nSPS) is 13.9. The van der Waals surface area contributed by atoms with E-state index in [1.54, 1.807) is 5.32 Å². The highest BCUT2D eigenvalue weighted by Crippen LogP contribution is 2.39. The van der Waals surface area contributed by atoms with E-state index in [2.05, 4.69) is 23.7 Å². The molecule has 0 heterocycles. The molecule has 0 rings (SSSR count). The summed E-state index contributed by atoms with van der Waals surface area (Å²) in [5.41, 5.74) is 0.858. The van der Waals surface area contributed by atoms with E-state index in [0.717, 1.165) is 31.6 Å². The van der Waals surface area contributed by atoms with Gasteiger partial charge in [0, 0.05) is 18.3 Å². The number of hydrogen-bond acceptors (Lipinski definition) is 6. The van der Waals surface area contributed by atoms with Gasteiger partial charge in [0.15, 0.2) is 0 Å². The molecule has 0 aromatic heterocycles. The molecule has 2 unspecified atom stereocenters. The number of amides is 1. The van der Waals surface area contributed by atoms with Gasteiger partial charge in [-0.3, -0.25) is 9.88 Å². The Balaban J connectivity index is 4.20. The van der Waals surface area contributed by atoms with Crippen molar-refractivity contribution in [3.63, 3.8) is 0 Å². The van der Waals surface area contributed by atoms with Gasteiger partial charge >= 0.3 is 19.7 Å². The number of rotatable bonds is 14. The molecule has 0 aliphatic carbocycles. The molecule has 162 valence electrons. The highest BCUT2D eigenvalue weighted by Gasteiger charge is 2.37. The van der Waals surface area contributed by atoms with Crippen LogP contribution in [0.5, 0.6) is 0 Å². The van der Waals surface area contributed by atoms with Crippen molar-refractivity contribution < 1.29 is 33.8 Å². The SMILES string of the molecule is C=C(/C=C/C)NC(C)CCCN(CC)CCOC(=O)NC(C(=O)O)P(=O)(O)O. The van der Waals surface area contributed by atoms with Gasteiger partial charge in [0.1, 0.15) is 6.61 Å². The lowest BCUT2D eigenvalue weighted by Crippen LogP contribution is -2.41. The Morgan fingerprint density at radius 2 is 1.93 bits per heavy atom. The summed E-state index contributed by atoms with van der Waals surface area (Å²) in [5, 5.41) is 13.7. The number of nitrogens with one attached hydrogen (secondary N) is 2. The molecule has 10 nitrogen and oxygen atoms in total. The van der Waals surface area contributed by atoms with E-state index in [1.165, 1.54) is 0 Å². The topological polar surface area (TPSA) is 148 Å². The molecular weight excluding hydrogens is 389 g/mol. The van der Waals surface area contributed by atoms with Crippen molar-refractivity contribution in [1.29, 1.82) is 0 Å². The highest BCUT2D eigenvalue weighted by atomic mass is 31.2. The minimum atomic E-state index is -5.02. The molecule has 0 fully saturated rings. The Morgan fingerprint density at radius 3 is 2.43 bits per heavy atom. The third-order valence-corrected chi connectivity index (χ3v) is 4.85. The first kappa shape index (κ1) is 26.1. The zero-order valence-corrected chi connectivity index (χ0v) is 17.5. The molecule has 0 aromatic carbocycles. The first-order chi connectivity index (χ1) is 13.0. The van der Waals surface area contributed by atoms with Gasteiger partial charge < -0.3 is 29.8 Å². The number of carboxylic acids is 1. The van der Waals surface area contributed by atoms with Crippen LogP contribution in [-0.4, -0.2) is 69.9 Å². The first-order valence-electron chi connectivity index (χ1n) is 9.03. The van der Waals surface area contributed by atoms with Crippen molar-refractivity contribution in [2.75, 3.05) is 26.2 Å². The monoisotopic (exact) mass is 421 g/mol. The fraction of sp³-hybridized carbons (Fsp3) is 0.647. The van der Waals surface area contributed by atoms with Crippen LogP contribution in [0.15, 0.2) is 24.4 Å². The van der Waals surface area contributed by atoms with Gasteiger partial charge in [-0.15, -0.1) is 0 Å². The Kier molecular flexibility index (Phi) is 12.4. The standard InChI is InChI=1S/C17H32N3O7P/c1-5-8-13(3)18-14(4)9-7-10-20(6-2)11-12-27-17(23)19-15(16(21)22)28(24,25)26/h5,8,14-15,18H,3,6-7,9-12H2,1-2,4H3,(H,19,23)(H,21,22)(H2,24,25,26)/b8-5+. The maximum Gasteiger partial charge on any atom is 0.408 e. The zero-order valence-electron chi connectivity index (χ0n) is 16.6. The third-order valence-electron chi connectivity index (χ3n) is 3.82. The van der Waals surface area contributed by atoms with Gasteiger partial charge in [0.05, 0.1) is 0 Å². The fourth-order valence-electron chi connectivity index (χ4n) is 2.40. The van der Waals surface area contributed by atoms with E-state index in [0.29, 0.717) is 6.54 Å². The summed E-state index contributed by atoms with van der Waals surface area (Å²) in [6, 6.07) is 0.269. The Hall–Kier alpha value is -1.87. The van der Waals surface area contributed by atoms with Crippen LogP contribution in [0.4, 0.5) is 4.79 Å². The van der Waals surface area contributed by atoms with Crippen molar-refractivity contribution in [2.45, 2.75) is 45.4 Å². The molecule has 0 bridgehead atoms. The number of aliphatic carboxylic acids is 1. The van der Waals surface area contributed by atoms with Crippen molar-refractivity contribution in [2.24, 2.45) is 0 Å². The molecule has 2 atom stereocenters. The van der Waals surface area contributed by atoms with Crippen LogP contribution in [0.3, 0.4) is 0 Å². The predicted molar refractivity (Wildman–Crippen MR) is 106 cm³/mol. The summed E-state index contributed by atoms with van der Waals surface area (Å²) in [6.45, 7) is 11.8. The number of nitrogens with zero attached hydrogens (tertiary/aromatic N) is 1. The molecule has 28 heavy (non-hydrogen) atoms. The number of carboxylic acid groups (broad SMARTS) is 1. The van der Waals surface area contributed by atoms with Crippen LogP contribution >= 0.6 is 7.60 Å². The van der Waals surface area contributed by atoms with Crippen molar-refractivity contribution >= 4 is 19.7 Å². The van der Waals surface area contributed by atoms with Crippen LogP contribution in [-0.2, 0) is 14.1 Å². The van der Waals surface area contributed by atoms with E-state index in [-0.39, 0.29) is 12.6 Å². The molecule has 0 radical (unpaired) electrons. The van der Waals surface area contributed by atoms with Crippen molar-refractivity contribution in [1.82, 2.24) is 15.5 Å². The summed E-state index contributed by atoms with van der Waals surface area (Å²) in [5.74, 6) is -4.16. The quantitative estimate of drug-likeness (QED) is 0.208. The summed E-state index contributed by atoms with van der Waals surface area (Å²) in [6.07, 6.45) is 4.47. The molecule has 0 spiro atoms. The zero-order chi connectivity index (χ0) is 21.7. The van der Waals surface area contributed by atoms with Gasteiger partial charge in [-0.2, -0.15) is 0 Å². The lowest BCUT2D eigenvalue weighted by Gasteiger charge is -2.22. The number of likely N-dealkylation sites (N-methyl/N-ethyl adjacent to an activating group) is 1. The van der Waals surface area contributed by atoms with Crippen LogP contribution in [0.1, 0.15) is 33.6 Å². The van der Waals surface area contributed by atoms with Crippen LogP contribution in [0.2, 0.25) is 0 Å². The smallest absolute Gasteiger partial charge is 0.408 e. The number of carbonyl (C=O) groups excluding carboxylic acids is 1. The van der Waals surface area contributed by atoms with Gasteiger partial charge in [-0.25, -0.2) is 9.59 Å². The second-order valence-corrected chi connectivity index (χ2v) is 7.95. The molecule has 0 saturated heterocycles. The van der Waals surface area contributed by atoms with Crippen LogP contribution < -0.4 is 10.6 Å². The van der Waals surface area contributed by atoms with Crippen molar-refractivity contribution in [3.05, 3.63) is 24.4 Å². The summed E-state index contributed by atoms with van der Waals surface area (Å²) in [4.78, 5) is 42.2. The summed E-state index contributed by atoms with van der Waals surface area (Å²) in [7, 11) is -5.02. The minimum Gasteiger partial charge on any atom is -0.479 e. The Bertz CT molecular complexity index is 591. The third kappa shape index (κ3) is 11.8. The van der Waals surface area contributed by atoms with E-state index >= 15 is 0 Å².